The van der Waals surface area contributed by atoms with Crippen LogP contribution in [0.1, 0.15) is 22.2 Å². The molecule has 0 unspecified atom stereocenters. The van der Waals surface area contributed by atoms with Gasteiger partial charge < -0.3 is 15.2 Å². The quantitative estimate of drug-likeness (QED) is 0.753. The van der Waals surface area contributed by atoms with Gasteiger partial charge in [0.25, 0.3) is 5.91 Å². The lowest BCUT2D eigenvalue weighted by Gasteiger charge is -2.13. The van der Waals surface area contributed by atoms with Crippen molar-refractivity contribution >= 4 is 17.2 Å². The van der Waals surface area contributed by atoms with Crippen LogP contribution < -0.4 is 5.32 Å². The van der Waals surface area contributed by atoms with Gasteiger partial charge in [0.15, 0.2) is 18.1 Å². The first-order valence-corrected chi connectivity index (χ1v) is 7.93. The molecule has 132 valence electrons. The summed E-state index contributed by atoms with van der Waals surface area (Å²) in [6.45, 7) is 3.51. The molecule has 8 heteroatoms. The van der Waals surface area contributed by atoms with Crippen LogP contribution in [0.3, 0.4) is 0 Å². The number of alkyl halides is 1. The lowest BCUT2D eigenvalue weighted by atomic mass is 10.1. The highest BCUT2D eigenvalue weighted by Crippen LogP contribution is 2.37. The number of fused-ring (bicyclic) bond motifs is 1. The van der Waals surface area contributed by atoms with E-state index in [0.29, 0.717) is 16.8 Å². The maximum atomic E-state index is 14.3. The fourth-order valence-electron chi connectivity index (χ4n) is 2.90. The summed E-state index contributed by atoms with van der Waals surface area (Å²) >= 11 is 0. The Labute approximate surface area is 147 Å². The summed E-state index contributed by atoms with van der Waals surface area (Å²) in [6, 6.07) is 12.0. The van der Waals surface area contributed by atoms with Gasteiger partial charge in [-0.15, -0.1) is 0 Å². The van der Waals surface area contributed by atoms with E-state index >= 15 is 0 Å². The minimum Gasteiger partial charge on any atom is -0.483 e. The lowest BCUT2D eigenvalue weighted by Crippen LogP contribution is -2.21. The Bertz CT molecular complexity index is 989. The summed E-state index contributed by atoms with van der Waals surface area (Å²) in [5.74, 6) is -0.0600. The van der Waals surface area contributed by atoms with Crippen molar-refractivity contribution in [3.63, 3.8) is 0 Å². The van der Waals surface area contributed by atoms with E-state index in [4.69, 9.17) is 4.74 Å². The zero-order valence-electron chi connectivity index (χ0n) is 13.5. The molecule has 0 aliphatic carbocycles. The van der Waals surface area contributed by atoms with Crippen molar-refractivity contribution in [3.05, 3.63) is 72.4 Å². The van der Waals surface area contributed by atoms with Crippen molar-refractivity contribution in [2.75, 3.05) is 5.32 Å². The number of amides is 1. The molecule has 2 aromatic heterocycles. The number of nitrogens with zero attached hydrogens (tertiary/aromatic N) is 3. The average Bonchev–Trinajstić information content (AvgIpc) is 3.20. The van der Waals surface area contributed by atoms with E-state index in [1.807, 2.05) is 6.07 Å². The van der Waals surface area contributed by atoms with Crippen LogP contribution in [0.25, 0.3) is 5.52 Å². The summed E-state index contributed by atoms with van der Waals surface area (Å²) in [6.07, 6.45) is -2.82. The van der Waals surface area contributed by atoms with Crippen LogP contribution in [0.5, 0.6) is 0 Å². The molecule has 0 saturated carbocycles. The maximum absolute atomic E-state index is 14.3. The van der Waals surface area contributed by atoms with Crippen LogP contribution in [0.4, 0.5) is 10.2 Å². The largest absolute Gasteiger partial charge is 0.483 e. The smallest absolute Gasteiger partial charge is 0.256 e. The van der Waals surface area contributed by atoms with Crippen LogP contribution >= 0.6 is 0 Å². The minimum atomic E-state index is -1.65. The van der Waals surface area contributed by atoms with Gasteiger partial charge in [-0.3, -0.25) is 4.79 Å². The molecule has 2 N–H and O–H groups in total. The number of carbonyl (C=O) groups is 1. The van der Waals surface area contributed by atoms with Gasteiger partial charge in [-0.25, -0.2) is 13.9 Å². The molecule has 1 saturated heterocycles. The zero-order chi connectivity index (χ0) is 18.3. The van der Waals surface area contributed by atoms with Crippen molar-refractivity contribution in [2.45, 2.75) is 18.4 Å². The van der Waals surface area contributed by atoms with Crippen molar-refractivity contribution in [1.82, 2.24) is 14.6 Å². The first-order valence-electron chi connectivity index (χ1n) is 7.93. The molecule has 3 aromatic rings. The van der Waals surface area contributed by atoms with Gasteiger partial charge in [0, 0.05) is 5.56 Å². The number of ether oxygens (including phenoxy) is 1. The van der Waals surface area contributed by atoms with Crippen LogP contribution in [0, 0.1) is 0 Å². The Balaban J connectivity index is 1.68. The molecule has 4 rings (SSSR count). The Hall–Kier alpha value is -3.26. The number of benzene rings is 1. The third kappa shape index (κ3) is 2.60. The monoisotopic (exact) mass is 354 g/mol. The predicted molar refractivity (Wildman–Crippen MR) is 91.3 cm³/mol. The summed E-state index contributed by atoms with van der Waals surface area (Å²) in [7, 11) is 0. The Morgan fingerprint density at radius 1 is 1.27 bits per heavy atom. The molecular formula is C18H15FN4O3. The van der Waals surface area contributed by atoms with E-state index in [-0.39, 0.29) is 17.5 Å². The van der Waals surface area contributed by atoms with Gasteiger partial charge in [0.05, 0.1) is 5.69 Å². The molecule has 3 heterocycles. The van der Waals surface area contributed by atoms with E-state index < -0.39 is 18.4 Å². The highest BCUT2D eigenvalue weighted by atomic mass is 19.1. The Kier molecular flexibility index (Phi) is 3.89. The molecular weight excluding hydrogens is 339 g/mol. The first-order chi connectivity index (χ1) is 12.6. The lowest BCUT2D eigenvalue weighted by molar-refractivity contribution is 0.0858. The van der Waals surface area contributed by atoms with E-state index in [9.17, 15) is 14.3 Å². The van der Waals surface area contributed by atoms with Gasteiger partial charge in [-0.2, -0.15) is 5.10 Å². The number of hydrogen-bond donors (Lipinski definition) is 2. The number of halogens is 1. The molecule has 1 aromatic carbocycles. The molecule has 1 aliphatic rings. The molecule has 1 aliphatic heterocycles. The summed E-state index contributed by atoms with van der Waals surface area (Å²) < 4.78 is 21.1. The van der Waals surface area contributed by atoms with Gasteiger partial charge in [-0.05, 0) is 24.3 Å². The van der Waals surface area contributed by atoms with E-state index in [1.165, 1.54) is 10.8 Å². The molecule has 26 heavy (non-hydrogen) atoms. The highest BCUT2D eigenvalue weighted by molar-refractivity contribution is 6.05. The highest BCUT2D eigenvalue weighted by Gasteiger charge is 2.42. The number of hydrogen-bond acceptors (Lipinski definition) is 5. The van der Waals surface area contributed by atoms with E-state index in [2.05, 4.69) is 22.0 Å². The number of aliphatic hydroxyl groups excluding tert-OH is 1. The number of carbonyl (C=O) groups excluding carboxylic acids is 1. The SMILES string of the molecule is C=C1O[C@@H](c2ccc3c(NC(=O)c4ccccc4)ncnn23)[C@H](F)[C@@H]1O. The average molecular weight is 354 g/mol. The molecule has 1 amide bonds. The van der Waals surface area contributed by atoms with Crippen molar-refractivity contribution in [2.24, 2.45) is 0 Å². The fourth-order valence-corrected chi connectivity index (χ4v) is 2.90. The third-order valence-electron chi connectivity index (χ3n) is 4.24. The second-order valence-corrected chi connectivity index (χ2v) is 5.88. The second-order valence-electron chi connectivity index (χ2n) is 5.88. The summed E-state index contributed by atoms with van der Waals surface area (Å²) in [5, 5.41) is 16.5. The molecule has 3 atom stereocenters. The topological polar surface area (TPSA) is 88.8 Å². The number of nitrogens with one attached hydrogen (secondary N) is 1. The van der Waals surface area contributed by atoms with Gasteiger partial charge in [-0.1, -0.05) is 24.8 Å². The minimum absolute atomic E-state index is 0.0240. The first kappa shape index (κ1) is 16.2. The molecule has 0 radical (unpaired) electrons. The predicted octanol–water partition coefficient (Wildman–Crippen LogP) is 2.27. The fraction of sp³-hybridized carbons (Fsp3) is 0.167. The van der Waals surface area contributed by atoms with Gasteiger partial charge in [0.1, 0.15) is 23.7 Å². The van der Waals surface area contributed by atoms with Crippen LogP contribution in [-0.4, -0.2) is 37.9 Å². The molecule has 0 spiro atoms. The second kappa shape index (κ2) is 6.23. The number of aliphatic hydroxyl groups is 1. The number of anilines is 1. The molecule has 0 bridgehead atoms. The normalized spacial score (nSPS) is 22.4. The zero-order valence-corrected chi connectivity index (χ0v) is 13.5. The Morgan fingerprint density at radius 3 is 2.73 bits per heavy atom. The number of rotatable bonds is 3. The van der Waals surface area contributed by atoms with E-state index in [1.54, 1.807) is 36.4 Å². The number of aromatic nitrogens is 3. The molecule has 7 nitrogen and oxygen atoms in total. The van der Waals surface area contributed by atoms with Crippen LogP contribution in [-0.2, 0) is 4.74 Å². The van der Waals surface area contributed by atoms with Gasteiger partial charge in [0.2, 0.25) is 0 Å². The third-order valence-corrected chi connectivity index (χ3v) is 4.24. The standard InChI is InChI=1S/C18H15FN4O3/c1-10-15(24)14(19)16(26-10)12-7-8-13-17(20-9-21-23(12)13)22-18(25)11-5-3-2-4-6-11/h2-9,14-16,24H,1H2,(H,20,21,22,25)/t14-,15-,16+/m1/s1. The van der Waals surface area contributed by atoms with Crippen molar-refractivity contribution in [3.8, 4) is 0 Å². The van der Waals surface area contributed by atoms with Gasteiger partial charge >= 0.3 is 0 Å². The van der Waals surface area contributed by atoms with Crippen LogP contribution in [0.2, 0.25) is 0 Å². The van der Waals surface area contributed by atoms with Crippen molar-refractivity contribution < 1.29 is 19.0 Å². The summed E-state index contributed by atoms with van der Waals surface area (Å²) in [4.78, 5) is 16.4. The Morgan fingerprint density at radius 2 is 2.04 bits per heavy atom. The van der Waals surface area contributed by atoms with E-state index in [0.717, 1.165) is 0 Å². The van der Waals surface area contributed by atoms with Crippen molar-refractivity contribution in [1.29, 1.82) is 0 Å². The molecule has 1 fully saturated rings. The maximum Gasteiger partial charge on any atom is 0.256 e. The summed E-state index contributed by atoms with van der Waals surface area (Å²) in [5.41, 5.74) is 1.36. The van der Waals surface area contributed by atoms with Crippen LogP contribution in [0.15, 0.2) is 61.1 Å².